The number of nitrogens with zero attached hydrogens (tertiary/aromatic N) is 1. The predicted octanol–water partition coefficient (Wildman–Crippen LogP) is 2.31. The van der Waals surface area contributed by atoms with Gasteiger partial charge in [-0.3, -0.25) is 4.79 Å². The van der Waals surface area contributed by atoms with E-state index in [2.05, 4.69) is 0 Å². The topological polar surface area (TPSA) is 29.5 Å². The number of rotatable bonds is 1. The van der Waals surface area contributed by atoms with Gasteiger partial charge < -0.3 is 7.97 Å². The number of aryl methyl sites for hydroxylation is 1. The van der Waals surface area contributed by atoms with Crippen molar-refractivity contribution in [2.45, 2.75) is 13.5 Å². The molecule has 0 radical (unpaired) electrons. The Morgan fingerprint density at radius 2 is 2.21 bits per heavy atom. The Morgan fingerprint density at radius 1 is 1.50 bits per heavy atom. The lowest BCUT2D eigenvalue weighted by Crippen LogP contribution is -2.17. The molecule has 0 aromatic heterocycles. The fourth-order valence-electron chi connectivity index (χ4n) is 1.77. The van der Waals surface area contributed by atoms with Gasteiger partial charge in [0, 0.05) is 12.6 Å². The molecular formula is C10H10INO2. The zero-order chi connectivity index (χ0) is 10.3. The third-order valence-electron chi connectivity index (χ3n) is 2.52. The molecule has 74 valence electrons. The first kappa shape index (κ1) is 9.76. The van der Waals surface area contributed by atoms with Crippen molar-refractivity contribution in [2.24, 2.45) is 0 Å². The molecule has 0 atom stereocenters. The molecule has 1 aliphatic rings. The van der Waals surface area contributed by atoms with E-state index in [0.717, 1.165) is 22.4 Å². The number of carbonyl (C=O) groups excluding carboxylic acids is 1. The molecular weight excluding hydrogens is 293 g/mol. The van der Waals surface area contributed by atoms with E-state index >= 15 is 0 Å². The highest BCUT2D eigenvalue weighted by atomic mass is 127. The molecule has 3 nitrogen and oxygen atoms in total. The lowest BCUT2D eigenvalue weighted by atomic mass is 10.0. The van der Waals surface area contributed by atoms with E-state index < -0.39 is 0 Å². The van der Waals surface area contributed by atoms with Crippen molar-refractivity contribution in [3.63, 3.8) is 0 Å². The molecule has 0 fully saturated rings. The van der Waals surface area contributed by atoms with Crippen molar-refractivity contribution in [3.05, 3.63) is 28.8 Å². The minimum absolute atomic E-state index is 0.0906. The van der Waals surface area contributed by atoms with Crippen LogP contribution >= 0.6 is 23.0 Å². The number of amides is 1. The molecule has 1 amide bonds. The third-order valence-corrected chi connectivity index (χ3v) is 2.99. The predicted molar refractivity (Wildman–Crippen MR) is 61.6 cm³/mol. The lowest BCUT2D eigenvalue weighted by Gasteiger charge is -2.05. The van der Waals surface area contributed by atoms with Crippen molar-refractivity contribution in [1.29, 1.82) is 0 Å². The monoisotopic (exact) mass is 303 g/mol. The third kappa shape index (κ3) is 1.28. The first-order valence-electron chi connectivity index (χ1n) is 4.31. The number of hydrogen-bond donors (Lipinski definition) is 0. The summed E-state index contributed by atoms with van der Waals surface area (Å²) in [6.45, 7) is 2.60. The Hall–Kier alpha value is -0.780. The van der Waals surface area contributed by atoms with E-state index in [1.54, 1.807) is 11.9 Å². The SMILES string of the molecule is Cc1ccc(OI)c2c1C(=O)N(C)C2. The Labute approximate surface area is 96.7 Å². The maximum absolute atomic E-state index is 11.8. The number of fused-ring (bicyclic) bond motifs is 1. The van der Waals surface area contributed by atoms with E-state index in [0.29, 0.717) is 6.54 Å². The van der Waals surface area contributed by atoms with E-state index in [1.807, 2.05) is 42.1 Å². The normalized spacial score (nSPS) is 14.5. The fourth-order valence-corrected chi connectivity index (χ4v) is 2.19. The summed E-state index contributed by atoms with van der Waals surface area (Å²) in [7, 11) is 1.80. The van der Waals surface area contributed by atoms with E-state index in [4.69, 9.17) is 3.07 Å². The molecule has 14 heavy (non-hydrogen) atoms. The molecule has 0 bridgehead atoms. The van der Waals surface area contributed by atoms with Crippen LogP contribution in [0, 0.1) is 6.92 Å². The van der Waals surface area contributed by atoms with Crippen LogP contribution in [0.15, 0.2) is 12.1 Å². The van der Waals surface area contributed by atoms with Crippen LogP contribution in [-0.4, -0.2) is 17.9 Å². The fraction of sp³-hybridized carbons (Fsp3) is 0.300. The second kappa shape index (κ2) is 3.42. The quantitative estimate of drug-likeness (QED) is 0.745. The van der Waals surface area contributed by atoms with Crippen LogP contribution in [0.4, 0.5) is 0 Å². The van der Waals surface area contributed by atoms with Gasteiger partial charge in [0.15, 0.2) is 23.0 Å². The van der Waals surface area contributed by atoms with E-state index in [9.17, 15) is 4.79 Å². The minimum Gasteiger partial charge on any atom is -0.427 e. The summed E-state index contributed by atoms with van der Waals surface area (Å²) in [5, 5.41) is 0. The summed E-state index contributed by atoms with van der Waals surface area (Å²) < 4.78 is 5.20. The van der Waals surface area contributed by atoms with Gasteiger partial charge in [-0.25, -0.2) is 0 Å². The zero-order valence-electron chi connectivity index (χ0n) is 8.00. The van der Waals surface area contributed by atoms with Gasteiger partial charge in [-0.2, -0.15) is 0 Å². The minimum atomic E-state index is 0.0906. The van der Waals surface area contributed by atoms with Crippen LogP contribution in [-0.2, 0) is 6.54 Å². The van der Waals surface area contributed by atoms with Crippen LogP contribution < -0.4 is 3.07 Å². The van der Waals surface area contributed by atoms with E-state index in [1.165, 1.54) is 0 Å². The van der Waals surface area contributed by atoms with Crippen molar-refractivity contribution >= 4 is 28.9 Å². The summed E-state index contributed by atoms with van der Waals surface area (Å²) >= 11 is 1.84. The second-order valence-corrected chi connectivity index (χ2v) is 3.91. The molecule has 1 aliphatic heterocycles. The van der Waals surface area contributed by atoms with Crippen molar-refractivity contribution in [2.75, 3.05) is 7.05 Å². The Kier molecular flexibility index (Phi) is 2.38. The van der Waals surface area contributed by atoms with Crippen LogP contribution in [0.2, 0.25) is 0 Å². The number of carbonyl (C=O) groups is 1. The Bertz CT molecular complexity index is 403. The van der Waals surface area contributed by atoms with Gasteiger partial charge in [0.05, 0.1) is 12.1 Å². The molecule has 2 rings (SSSR count). The molecule has 1 aromatic rings. The maximum atomic E-state index is 11.8. The lowest BCUT2D eigenvalue weighted by molar-refractivity contribution is 0.0816. The zero-order valence-corrected chi connectivity index (χ0v) is 10.2. The Balaban J connectivity index is 2.64. The van der Waals surface area contributed by atoms with Crippen molar-refractivity contribution < 1.29 is 7.86 Å². The highest BCUT2D eigenvalue weighted by molar-refractivity contribution is 14.1. The summed E-state index contributed by atoms with van der Waals surface area (Å²) in [5.41, 5.74) is 2.83. The molecule has 1 heterocycles. The van der Waals surface area contributed by atoms with Crippen molar-refractivity contribution in [3.8, 4) is 5.75 Å². The highest BCUT2D eigenvalue weighted by Crippen LogP contribution is 2.33. The molecule has 4 heteroatoms. The molecule has 0 N–H and O–H groups in total. The van der Waals surface area contributed by atoms with Crippen molar-refractivity contribution in [1.82, 2.24) is 4.90 Å². The number of hydrogen-bond acceptors (Lipinski definition) is 2. The van der Waals surface area contributed by atoms with E-state index in [-0.39, 0.29) is 5.91 Å². The summed E-state index contributed by atoms with van der Waals surface area (Å²) in [5.74, 6) is 0.886. The average Bonchev–Trinajstić information content (AvgIpc) is 2.45. The van der Waals surface area contributed by atoms with Crippen LogP contribution in [0.3, 0.4) is 0 Å². The summed E-state index contributed by atoms with van der Waals surface area (Å²) in [4.78, 5) is 13.5. The number of halogens is 1. The average molecular weight is 303 g/mol. The molecule has 0 saturated heterocycles. The molecule has 0 saturated carbocycles. The Morgan fingerprint density at radius 3 is 2.86 bits per heavy atom. The first-order chi connectivity index (χ1) is 6.65. The number of benzene rings is 1. The van der Waals surface area contributed by atoms with Crippen LogP contribution in [0.5, 0.6) is 5.75 Å². The molecule has 0 aliphatic carbocycles. The van der Waals surface area contributed by atoms with Gasteiger partial charge in [0.2, 0.25) is 0 Å². The summed E-state index contributed by atoms with van der Waals surface area (Å²) in [6, 6.07) is 3.83. The van der Waals surface area contributed by atoms with Gasteiger partial charge in [-0.15, -0.1) is 0 Å². The summed E-state index contributed by atoms with van der Waals surface area (Å²) in [6.07, 6.45) is 0. The van der Waals surface area contributed by atoms with Gasteiger partial charge in [0.25, 0.3) is 5.91 Å². The highest BCUT2D eigenvalue weighted by Gasteiger charge is 2.28. The van der Waals surface area contributed by atoms with Gasteiger partial charge in [-0.05, 0) is 18.6 Å². The molecule has 1 aromatic carbocycles. The van der Waals surface area contributed by atoms with Crippen LogP contribution in [0.25, 0.3) is 0 Å². The largest absolute Gasteiger partial charge is 0.427 e. The first-order valence-corrected chi connectivity index (χ1v) is 5.19. The molecule has 0 unspecified atom stereocenters. The van der Waals surface area contributed by atoms with Gasteiger partial charge in [-0.1, -0.05) is 6.07 Å². The van der Waals surface area contributed by atoms with Gasteiger partial charge >= 0.3 is 0 Å². The second-order valence-electron chi connectivity index (χ2n) is 3.47. The smallest absolute Gasteiger partial charge is 0.254 e. The standard InChI is InChI=1S/C10H10INO2/c1-6-3-4-8(14-11)7-5-12(2)10(13)9(6)7/h3-4H,5H2,1-2H3. The maximum Gasteiger partial charge on any atom is 0.254 e. The van der Waals surface area contributed by atoms with Crippen LogP contribution in [0.1, 0.15) is 21.5 Å². The van der Waals surface area contributed by atoms with Gasteiger partial charge in [0.1, 0.15) is 5.75 Å². The molecule has 0 spiro atoms.